The number of nitrogens with two attached hydrogens (primary N) is 1. The minimum Gasteiger partial charge on any atom is -0.390 e. The van der Waals surface area contributed by atoms with E-state index in [0.29, 0.717) is 0 Å². The number of aromatic amines is 1. The normalized spacial score (nSPS) is 14.5. The van der Waals surface area contributed by atoms with E-state index in [1.165, 1.54) is 18.5 Å². The monoisotopic (exact) mass is 267 g/mol. The lowest BCUT2D eigenvalue weighted by Gasteiger charge is -2.13. The van der Waals surface area contributed by atoms with Gasteiger partial charge in [0.2, 0.25) is 5.95 Å². The molecule has 2 unspecified atom stereocenters. The number of hydrogen-bond acceptors (Lipinski definition) is 7. The zero-order valence-electron chi connectivity index (χ0n) is 10.3. The average Bonchev–Trinajstić information content (AvgIpc) is 2.34. The first-order chi connectivity index (χ1) is 8.82. The van der Waals surface area contributed by atoms with E-state index in [1.807, 2.05) is 0 Å². The zero-order valence-corrected chi connectivity index (χ0v) is 10.3. The topological polar surface area (TPSA) is 147 Å². The minimum atomic E-state index is -1.49. The first kappa shape index (κ1) is 13.2. The fraction of sp³-hybridized carbons (Fsp3) is 0.400. The first-order valence-electron chi connectivity index (χ1n) is 5.45. The Morgan fingerprint density at radius 1 is 1.32 bits per heavy atom. The van der Waals surface area contributed by atoms with Gasteiger partial charge in [-0.05, 0) is 6.92 Å². The maximum Gasteiger partial charge on any atom is 0.302 e. The summed E-state index contributed by atoms with van der Waals surface area (Å²) in [5.41, 5.74) is 3.69. The summed E-state index contributed by atoms with van der Waals surface area (Å²) in [5.74, 6) is -0.0706. The molecule has 2 aromatic heterocycles. The Hall–Kier alpha value is -2.26. The van der Waals surface area contributed by atoms with Gasteiger partial charge in [0.05, 0.1) is 6.10 Å². The second kappa shape index (κ2) is 4.44. The van der Waals surface area contributed by atoms with E-state index in [9.17, 15) is 19.8 Å². The summed E-state index contributed by atoms with van der Waals surface area (Å²) in [7, 11) is 1.51. The van der Waals surface area contributed by atoms with Crippen LogP contribution in [0.15, 0.2) is 9.59 Å². The quantitative estimate of drug-likeness (QED) is 0.492. The van der Waals surface area contributed by atoms with Crippen molar-refractivity contribution in [2.45, 2.75) is 19.1 Å². The Morgan fingerprint density at radius 3 is 2.53 bits per heavy atom. The van der Waals surface area contributed by atoms with Gasteiger partial charge in [-0.15, -0.1) is 0 Å². The number of nitrogens with one attached hydrogen (secondary N) is 1. The van der Waals surface area contributed by atoms with Gasteiger partial charge in [-0.1, -0.05) is 0 Å². The SMILES string of the molecule is CC(O)C(O)c1nc2c(=O)nc(N)n(C)c2[nH]c1=O. The molecule has 0 bridgehead atoms. The molecule has 0 saturated carbocycles. The number of H-pyrrole nitrogens is 1. The summed E-state index contributed by atoms with van der Waals surface area (Å²) < 4.78 is 1.30. The minimum absolute atomic E-state index is 0.0706. The van der Waals surface area contributed by atoms with Crippen LogP contribution in [0.5, 0.6) is 0 Å². The van der Waals surface area contributed by atoms with Gasteiger partial charge in [-0.2, -0.15) is 4.98 Å². The molecule has 102 valence electrons. The number of aliphatic hydroxyl groups is 2. The second-order valence-corrected chi connectivity index (χ2v) is 4.17. The zero-order chi connectivity index (χ0) is 14.3. The summed E-state index contributed by atoms with van der Waals surface area (Å²) in [6, 6.07) is 0. The fourth-order valence-corrected chi connectivity index (χ4v) is 1.62. The Labute approximate surface area is 106 Å². The van der Waals surface area contributed by atoms with Gasteiger partial charge in [0.25, 0.3) is 5.56 Å². The van der Waals surface area contributed by atoms with E-state index in [0.717, 1.165) is 0 Å². The molecule has 0 aliphatic heterocycles. The largest absolute Gasteiger partial charge is 0.390 e. The molecule has 5 N–H and O–H groups in total. The van der Waals surface area contributed by atoms with Crippen molar-refractivity contribution in [1.82, 2.24) is 19.5 Å². The summed E-state index contributed by atoms with van der Waals surface area (Å²) in [6.45, 7) is 1.30. The Kier molecular flexibility index (Phi) is 3.08. The molecule has 2 aromatic rings. The molecule has 0 radical (unpaired) electrons. The van der Waals surface area contributed by atoms with Crippen LogP contribution in [-0.2, 0) is 7.05 Å². The third-order valence-electron chi connectivity index (χ3n) is 2.76. The smallest absolute Gasteiger partial charge is 0.302 e. The van der Waals surface area contributed by atoms with Gasteiger partial charge < -0.3 is 20.9 Å². The van der Waals surface area contributed by atoms with E-state index in [-0.39, 0.29) is 22.8 Å². The van der Waals surface area contributed by atoms with Crippen molar-refractivity contribution >= 4 is 17.1 Å². The number of nitrogen functional groups attached to an aromatic ring is 1. The van der Waals surface area contributed by atoms with Gasteiger partial charge in [-0.25, -0.2) is 4.98 Å². The molecule has 2 rings (SSSR count). The highest BCUT2D eigenvalue weighted by Crippen LogP contribution is 2.12. The molecule has 0 fully saturated rings. The average molecular weight is 267 g/mol. The van der Waals surface area contributed by atoms with E-state index in [2.05, 4.69) is 15.0 Å². The van der Waals surface area contributed by atoms with Crippen LogP contribution in [0.25, 0.3) is 11.2 Å². The van der Waals surface area contributed by atoms with Crippen LogP contribution in [0.4, 0.5) is 5.95 Å². The standard InChI is InChI=1S/C10H13N5O4/c1-3(16)6(17)4-8(18)13-7-5(12-4)9(19)14-10(11)15(7)2/h3,6,16-17H,1-2H3,(H,13,18)(H2,11,14,19). The molecule has 9 nitrogen and oxygen atoms in total. The molecule has 0 amide bonds. The summed E-state index contributed by atoms with van der Waals surface area (Å²) in [5, 5.41) is 18.9. The van der Waals surface area contributed by atoms with Crippen LogP contribution in [0.1, 0.15) is 18.7 Å². The lowest BCUT2D eigenvalue weighted by Crippen LogP contribution is -2.28. The highest BCUT2D eigenvalue weighted by atomic mass is 16.3. The summed E-state index contributed by atoms with van der Waals surface area (Å²) in [6.07, 6.45) is -2.69. The highest BCUT2D eigenvalue weighted by molar-refractivity contribution is 5.70. The van der Waals surface area contributed by atoms with Crippen molar-refractivity contribution in [2.75, 3.05) is 5.73 Å². The van der Waals surface area contributed by atoms with Gasteiger partial charge >= 0.3 is 5.56 Å². The molecule has 0 saturated heterocycles. The van der Waals surface area contributed by atoms with Crippen molar-refractivity contribution in [1.29, 1.82) is 0 Å². The third-order valence-corrected chi connectivity index (χ3v) is 2.76. The molecule has 9 heteroatoms. The maximum atomic E-state index is 11.8. The molecular weight excluding hydrogens is 254 g/mol. The van der Waals surface area contributed by atoms with Crippen LogP contribution in [0.3, 0.4) is 0 Å². The van der Waals surface area contributed by atoms with Gasteiger partial charge in [0, 0.05) is 7.05 Å². The molecule has 2 atom stereocenters. The molecular formula is C10H13N5O4. The Balaban J connectivity index is 2.84. The fourth-order valence-electron chi connectivity index (χ4n) is 1.62. The second-order valence-electron chi connectivity index (χ2n) is 4.17. The highest BCUT2D eigenvalue weighted by Gasteiger charge is 2.21. The number of fused-ring (bicyclic) bond motifs is 1. The number of nitrogens with zero attached hydrogens (tertiary/aromatic N) is 3. The number of anilines is 1. The van der Waals surface area contributed by atoms with Crippen molar-refractivity contribution in [3.63, 3.8) is 0 Å². The van der Waals surface area contributed by atoms with E-state index in [4.69, 9.17) is 5.73 Å². The Morgan fingerprint density at radius 2 is 1.95 bits per heavy atom. The molecule has 2 heterocycles. The van der Waals surface area contributed by atoms with Gasteiger partial charge in [0.1, 0.15) is 17.4 Å². The predicted molar refractivity (Wildman–Crippen MR) is 66.5 cm³/mol. The summed E-state index contributed by atoms with van der Waals surface area (Å²) in [4.78, 5) is 33.2. The first-order valence-corrected chi connectivity index (χ1v) is 5.45. The van der Waals surface area contributed by atoms with E-state index < -0.39 is 23.3 Å². The lowest BCUT2D eigenvalue weighted by atomic mass is 10.1. The maximum absolute atomic E-state index is 11.8. The van der Waals surface area contributed by atoms with Gasteiger partial charge in [0.15, 0.2) is 5.52 Å². The van der Waals surface area contributed by atoms with Crippen LogP contribution >= 0.6 is 0 Å². The third kappa shape index (κ3) is 2.09. The van der Waals surface area contributed by atoms with Crippen LogP contribution < -0.4 is 16.9 Å². The van der Waals surface area contributed by atoms with Crippen molar-refractivity contribution < 1.29 is 10.2 Å². The number of rotatable bonds is 2. The van der Waals surface area contributed by atoms with Crippen molar-refractivity contribution in [3.05, 3.63) is 26.4 Å². The van der Waals surface area contributed by atoms with Crippen molar-refractivity contribution in [3.8, 4) is 0 Å². The van der Waals surface area contributed by atoms with E-state index >= 15 is 0 Å². The van der Waals surface area contributed by atoms with Crippen LogP contribution in [0.2, 0.25) is 0 Å². The van der Waals surface area contributed by atoms with Crippen LogP contribution in [-0.4, -0.2) is 35.8 Å². The van der Waals surface area contributed by atoms with Crippen LogP contribution in [0, 0.1) is 0 Å². The predicted octanol–water partition coefficient (Wildman–Crippen LogP) is -1.99. The van der Waals surface area contributed by atoms with E-state index in [1.54, 1.807) is 0 Å². The number of aliphatic hydroxyl groups excluding tert-OH is 2. The van der Waals surface area contributed by atoms with Gasteiger partial charge in [-0.3, -0.25) is 14.2 Å². The molecule has 19 heavy (non-hydrogen) atoms. The molecule has 0 spiro atoms. The summed E-state index contributed by atoms with van der Waals surface area (Å²) >= 11 is 0. The van der Waals surface area contributed by atoms with Crippen molar-refractivity contribution in [2.24, 2.45) is 7.05 Å². The molecule has 0 aliphatic carbocycles. The molecule has 0 aliphatic rings. The number of aromatic nitrogens is 4. The number of hydrogen-bond donors (Lipinski definition) is 4. The Bertz CT molecular complexity index is 748. The number of aryl methyl sites for hydroxylation is 1. The molecule has 0 aromatic carbocycles. The lowest BCUT2D eigenvalue weighted by molar-refractivity contribution is 0.0271.